The number of nitrogens with zero attached hydrogens (tertiary/aromatic N) is 2. The molecule has 0 spiro atoms. The molecule has 1 heterocycles. The summed E-state index contributed by atoms with van der Waals surface area (Å²) in [5.74, 6) is -0.958. The molecule has 1 aliphatic heterocycles. The number of rotatable bonds is 7. The molecule has 0 fully saturated rings. The predicted molar refractivity (Wildman–Crippen MR) is 99.6 cm³/mol. The monoisotopic (exact) mass is 368 g/mol. The van der Waals surface area contributed by atoms with Gasteiger partial charge in [-0.15, -0.1) is 0 Å². The highest BCUT2D eigenvalue weighted by molar-refractivity contribution is 6.10. The number of carbonyl (C=O) groups excluding carboxylic acids is 2. The number of amides is 1. The molecule has 1 atom stereocenters. The highest BCUT2D eigenvalue weighted by Crippen LogP contribution is 2.42. The van der Waals surface area contributed by atoms with Crippen molar-refractivity contribution in [2.45, 2.75) is 31.8 Å². The molecule has 3 rings (SSSR count). The summed E-state index contributed by atoms with van der Waals surface area (Å²) in [7, 11) is 0. The maximum absolute atomic E-state index is 12.9. The van der Waals surface area contributed by atoms with E-state index in [0.29, 0.717) is 17.8 Å². The van der Waals surface area contributed by atoms with E-state index < -0.39 is 28.6 Å². The van der Waals surface area contributed by atoms with Crippen LogP contribution in [0.25, 0.3) is 0 Å². The lowest BCUT2D eigenvalue weighted by atomic mass is 9.88. The van der Waals surface area contributed by atoms with Crippen molar-refractivity contribution in [1.82, 2.24) is 0 Å². The van der Waals surface area contributed by atoms with Gasteiger partial charge in [0.15, 0.2) is 11.4 Å². The third-order valence-corrected chi connectivity index (χ3v) is 4.79. The van der Waals surface area contributed by atoms with E-state index in [1.54, 1.807) is 24.3 Å². The Kier molecular flexibility index (Phi) is 5.05. The number of carbonyl (C=O) groups is 2. The fourth-order valence-corrected chi connectivity index (χ4v) is 3.32. The first-order chi connectivity index (χ1) is 12.9. The molecule has 0 bridgehead atoms. The summed E-state index contributed by atoms with van der Waals surface area (Å²) < 4.78 is 0. The second kappa shape index (κ2) is 7.28. The molecule has 0 radical (unpaired) electrons. The summed E-state index contributed by atoms with van der Waals surface area (Å²) in [5.41, 5.74) is -0.802. The zero-order valence-corrected chi connectivity index (χ0v) is 14.9. The number of para-hydroxylation sites is 1. The number of ketones is 1. The normalized spacial score (nSPS) is 18.4. The Morgan fingerprint density at radius 3 is 2.48 bits per heavy atom. The zero-order valence-electron chi connectivity index (χ0n) is 14.9. The molecular formula is C20H20N2O5. The van der Waals surface area contributed by atoms with Crippen LogP contribution < -0.4 is 4.90 Å². The molecule has 1 N–H and O–H groups in total. The lowest BCUT2D eigenvalue weighted by molar-refractivity contribution is -0.384. The quantitative estimate of drug-likeness (QED) is 0.459. The van der Waals surface area contributed by atoms with E-state index >= 15 is 0 Å². The van der Waals surface area contributed by atoms with Crippen LogP contribution in [-0.4, -0.2) is 28.3 Å². The van der Waals surface area contributed by atoms with Gasteiger partial charge in [0.2, 0.25) is 0 Å². The van der Waals surface area contributed by atoms with E-state index in [1.165, 1.54) is 29.2 Å². The van der Waals surface area contributed by atoms with Crippen LogP contribution in [0.4, 0.5) is 11.4 Å². The van der Waals surface area contributed by atoms with E-state index in [1.807, 2.05) is 6.92 Å². The number of non-ortho nitro benzene ring substituents is 1. The number of hydrogen-bond donors (Lipinski definition) is 1. The molecule has 2 aromatic rings. The van der Waals surface area contributed by atoms with E-state index in [9.17, 15) is 24.8 Å². The smallest absolute Gasteiger partial charge is 0.269 e. The van der Waals surface area contributed by atoms with Crippen LogP contribution in [-0.2, 0) is 10.4 Å². The van der Waals surface area contributed by atoms with Crippen molar-refractivity contribution in [2.75, 3.05) is 11.4 Å². The van der Waals surface area contributed by atoms with Crippen molar-refractivity contribution < 1.29 is 19.6 Å². The van der Waals surface area contributed by atoms with E-state index in [-0.39, 0.29) is 11.3 Å². The van der Waals surface area contributed by atoms with E-state index in [0.717, 1.165) is 12.8 Å². The van der Waals surface area contributed by atoms with Crippen molar-refractivity contribution in [3.05, 3.63) is 69.8 Å². The number of Topliss-reactive ketones (excluding diaryl/α,β-unsaturated/α-hetero) is 1. The van der Waals surface area contributed by atoms with Gasteiger partial charge >= 0.3 is 0 Å². The van der Waals surface area contributed by atoms with Gasteiger partial charge in [-0.25, -0.2) is 0 Å². The van der Waals surface area contributed by atoms with E-state index in [4.69, 9.17) is 0 Å². The van der Waals surface area contributed by atoms with Gasteiger partial charge in [-0.1, -0.05) is 31.5 Å². The summed E-state index contributed by atoms with van der Waals surface area (Å²) in [6.07, 6.45) is 1.27. The number of benzene rings is 2. The summed E-state index contributed by atoms with van der Waals surface area (Å²) in [4.78, 5) is 37.3. The fraction of sp³-hybridized carbons (Fsp3) is 0.300. The molecule has 1 aliphatic rings. The molecule has 140 valence electrons. The molecule has 7 nitrogen and oxygen atoms in total. The SMILES string of the molecule is CCCCN1C(=O)C(O)(CC(=O)c2ccc([N+](=O)[O-])cc2)c2ccccc21. The zero-order chi connectivity index (χ0) is 19.6. The first-order valence-corrected chi connectivity index (χ1v) is 8.80. The highest BCUT2D eigenvalue weighted by Gasteiger charge is 2.50. The molecule has 0 aromatic heterocycles. The lowest BCUT2D eigenvalue weighted by Crippen LogP contribution is -2.42. The molecule has 0 saturated carbocycles. The van der Waals surface area contributed by atoms with Crippen molar-refractivity contribution >= 4 is 23.1 Å². The Morgan fingerprint density at radius 1 is 1.19 bits per heavy atom. The Balaban J connectivity index is 1.89. The second-order valence-electron chi connectivity index (χ2n) is 6.59. The van der Waals surface area contributed by atoms with E-state index in [2.05, 4.69) is 0 Å². The molecule has 2 aromatic carbocycles. The third-order valence-electron chi connectivity index (χ3n) is 4.79. The lowest BCUT2D eigenvalue weighted by Gasteiger charge is -2.22. The standard InChI is InChI=1S/C20H20N2O5/c1-2-3-12-21-17-7-5-4-6-16(17)20(25,19(21)24)13-18(23)14-8-10-15(11-9-14)22(26)27/h4-11,25H,2-3,12-13H2,1H3. The van der Waals surface area contributed by atoms with Crippen LogP contribution in [0.2, 0.25) is 0 Å². The number of hydrogen-bond acceptors (Lipinski definition) is 5. The van der Waals surface area contributed by atoms with Crippen molar-refractivity contribution in [3.63, 3.8) is 0 Å². The summed E-state index contributed by atoms with van der Waals surface area (Å²) in [5, 5.41) is 21.9. The Morgan fingerprint density at radius 2 is 1.85 bits per heavy atom. The molecule has 1 amide bonds. The maximum Gasteiger partial charge on any atom is 0.269 e. The second-order valence-corrected chi connectivity index (χ2v) is 6.59. The number of anilines is 1. The van der Waals surface area contributed by atoms with Gasteiger partial charge < -0.3 is 10.0 Å². The molecule has 1 unspecified atom stereocenters. The van der Waals surface area contributed by atoms with Crippen LogP contribution in [0.5, 0.6) is 0 Å². The van der Waals surface area contributed by atoms with Gasteiger partial charge in [-0.2, -0.15) is 0 Å². The van der Waals surface area contributed by atoms with Gasteiger partial charge in [-0.3, -0.25) is 19.7 Å². The van der Waals surface area contributed by atoms with Crippen LogP contribution in [0.15, 0.2) is 48.5 Å². The minimum atomic E-state index is -1.93. The van der Waals surface area contributed by atoms with Crippen molar-refractivity contribution in [3.8, 4) is 0 Å². The average Bonchev–Trinajstić information content (AvgIpc) is 2.88. The predicted octanol–water partition coefficient (Wildman–Crippen LogP) is 3.20. The van der Waals surface area contributed by atoms with Gasteiger partial charge in [0, 0.05) is 29.8 Å². The topological polar surface area (TPSA) is 101 Å². The number of nitro benzene ring substituents is 1. The van der Waals surface area contributed by atoms with Crippen LogP contribution >= 0.6 is 0 Å². The first-order valence-electron chi connectivity index (χ1n) is 8.80. The molecule has 27 heavy (non-hydrogen) atoms. The first kappa shape index (κ1) is 18.7. The maximum atomic E-state index is 12.9. The van der Waals surface area contributed by atoms with Crippen LogP contribution in [0.1, 0.15) is 42.1 Å². The summed E-state index contributed by atoms with van der Waals surface area (Å²) in [6.45, 7) is 2.48. The summed E-state index contributed by atoms with van der Waals surface area (Å²) in [6, 6.07) is 12.1. The molecule has 7 heteroatoms. The van der Waals surface area contributed by atoms with Crippen LogP contribution in [0, 0.1) is 10.1 Å². The minimum Gasteiger partial charge on any atom is -0.375 e. The fourth-order valence-electron chi connectivity index (χ4n) is 3.32. The van der Waals surface area contributed by atoms with Crippen molar-refractivity contribution in [2.24, 2.45) is 0 Å². The van der Waals surface area contributed by atoms with Gasteiger partial charge in [0.25, 0.3) is 11.6 Å². The average molecular weight is 368 g/mol. The largest absolute Gasteiger partial charge is 0.375 e. The Hall–Kier alpha value is -3.06. The minimum absolute atomic E-state index is 0.127. The molecular weight excluding hydrogens is 348 g/mol. The molecule has 0 saturated heterocycles. The number of fused-ring (bicyclic) bond motifs is 1. The molecule has 0 aliphatic carbocycles. The number of unbranched alkanes of at least 4 members (excludes halogenated alkanes) is 1. The van der Waals surface area contributed by atoms with Crippen LogP contribution in [0.3, 0.4) is 0 Å². The van der Waals surface area contributed by atoms with Gasteiger partial charge in [0.05, 0.1) is 17.0 Å². The number of nitro groups is 1. The van der Waals surface area contributed by atoms with Gasteiger partial charge in [0.1, 0.15) is 0 Å². The van der Waals surface area contributed by atoms with Crippen molar-refractivity contribution in [1.29, 1.82) is 0 Å². The third kappa shape index (κ3) is 3.33. The highest BCUT2D eigenvalue weighted by atomic mass is 16.6. The number of aliphatic hydroxyl groups is 1. The summed E-state index contributed by atoms with van der Waals surface area (Å²) >= 11 is 0. The Bertz CT molecular complexity index is 894. The Labute approximate surface area is 156 Å². The van der Waals surface area contributed by atoms with Gasteiger partial charge in [-0.05, 0) is 24.6 Å².